The first-order valence-corrected chi connectivity index (χ1v) is 9.46. The summed E-state index contributed by atoms with van der Waals surface area (Å²) in [4.78, 5) is 0. The Hall–Kier alpha value is -1.96. The molecule has 0 aliphatic rings. The van der Waals surface area contributed by atoms with E-state index < -0.39 is 22.1 Å². The van der Waals surface area contributed by atoms with Gasteiger partial charge in [0.05, 0.1) is 7.11 Å². The van der Waals surface area contributed by atoms with Crippen molar-refractivity contribution in [1.82, 2.24) is 9.03 Å². The summed E-state index contributed by atoms with van der Waals surface area (Å²) in [5.41, 5.74) is 1.43. The Morgan fingerprint density at radius 1 is 1.20 bits per heavy atom. The second-order valence-corrected chi connectivity index (χ2v) is 7.35. The molecule has 2 aromatic rings. The molecule has 0 amide bonds. The lowest BCUT2D eigenvalue weighted by molar-refractivity contribution is 0.385. The topological polar surface area (TPSA) is 58.6 Å². The van der Waals surface area contributed by atoms with Crippen molar-refractivity contribution in [1.29, 1.82) is 0 Å². The van der Waals surface area contributed by atoms with Gasteiger partial charge in [0.1, 0.15) is 0 Å². The third-order valence-corrected chi connectivity index (χ3v) is 5.61. The molecule has 0 saturated carbocycles. The fourth-order valence-corrected chi connectivity index (χ4v) is 3.86. The smallest absolute Gasteiger partial charge is 0.280 e. The van der Waals surface area contributed by atoms with Gasteiger partial charge in [-0.2, -0.15) is 17.4 Å². The molecule has 0 fully saturated rings. The van der Waals surface area contributed by atoms with Crippen LogP contribution in [0.25, 0.3) is 0 Å². The third kappa shape index (κ3) is 5.01. The van der Waals surface area contributed by atoms with Crippen LogP contribution >= 0.6 is 0 Å². The molecule has 136 valence electrons. The molecule has 0 aromatic heterocycles. The van der Waals surface area contributed by atoms with E-state index in [-0.39, 0.29) is 12.3 Å². The predicted molar refractivity (Wildman–Crippen MR) is 95.9 cm³/mol. The van der Waals surface area contributed by atoms with Crippen LogP contribution in [0.4, 0.5) is 4.39 Å². The van der Waals surface area contributed by atoms with Crippen molar-refractivity contribution in [2.75, 3.05) is 13.7 Å². The molecule has 25 heavy (non-hydrogen) atoms. The van der Waals surface area contributed by atoms with Gasteiger partial charge in [-0.25, -0.2) is 4.39 Å². The summed E-state index contributed by atoms with van der Waals surface area (Å²) in [6.07, 6.45) is 0. The molecule has 7 heteroatoms. The zero-order chi connectivity index (χ0) is 18.4. The van der Waals surface area contributed by atoms with Gasteiger partial charge in [-0.1, -0.05) is 43.3 Å². The molecule has 0 aliphatic carbocycles. The summed E-state index contributed by atoms with van der Waals surface area (Å²) >= 11 is 0. The minimum Gasteiger partial charge on any atom is -0.494 e. The molecule has 0 saturated heterocycles. The van der Waals surface area contributed by atoms with Crippen LogP contribution in [0.15, 0.2) is 48.5 Å². The lowest BCUT2D eigenvalue weighted by Gasteiger charge is -2.24. The van der Waals surface area contributed by atoms with Crippen LogP contribution in [0.2, 0.25) is 0 Å². The minimum atomic E-state index is -3.72. The molecule has 1 unspecified atom stereocenters. The Bertz CT molecular complexity index is 797. The molecule has 0 spiro atoms. The van der Waals surface area contributed by atoms with E-state index in [1.54, 1.807) is 19.9 Å². The van der Waals surface area contributed by atoms with E-state index in [0.717, 1.165) is 5.56 Å². The normalized spacial score (nSPS) is 13.0. The van der Waals surface area contributed by atoms with Gasteiger partial charge in [0.25, 0.3) is 10.2 Å². The van der Waals surface area contributed by atoms with Crippen molar-refractivity contribution >= 4 is 10.2 Å². The molecule has 5 nitrogen and oxygen atoms in total. The monoisotopic (exact) mass is 366 g/mol. The van der Waals surface area contributed by atoms with Gasteiger partial charge in [0.15, 0.2) is 11.6 Å². The highest BCUT2D eigenvalue weighted by Gasteiger charge is 2.23. The highest BCUT2D eigenvalue weighted by molar-refractivity contribution is 7.87. The lowest BCUT2D eigenvalue weighted by Crippen LogP contribution is -2.41. The fourth-order valence-electron chi connectivity index (χ4n) is 2.47. The van der Waals surface area contributed by atoms with Crippen molar-refractivity contribution in [2.24, 2.45) is 0 Å². The average Bonchev–Trinajstić information content (AvgIpc) is 2.59. The molecule has 0 bridgehead atoms. The van der Waals surface area contributed by atoms with Crippen LogP contribution in [0.1, 0.15) is 31.0 Å². The van der Waals surface area contributed by atoms with Crippen LogP contribution in [-0.4, -0.2) is 26.4 Å². The number of hydrogen-bond donors (Lipinski definition) is 1. The average molecular weight is 366 g/mol. The number of nitrogens with zero attached hydrogens (tertiary/aromatic N) is 1. The molecule has 2 rings (SSSR count). The van der Waals surface area contributed by atoms with E-state index in [2.05, 4.69) is 4.72 Å². The summed E-state index contributed by atoms with van der Waals surface area (Å²) in [6, 6.07) is 13.2. The van der Waals surface area contributed by atoms with Crippen LogP contribution < -0.4 is 9.46 Å². The summed E-state index contributed by atoms with van der Waals surface area (Å²) in [5, 5.41) is 0. The molecule has 0 radical (unpaired) electrons. The molecule has 1 atom stereocenters. The number of halogens is 1. The Labute approximate surface area is 148 Å². The van der Waals surface area contributed by atoms with E-state index in [1.807, 2.05) is 30.3 Å². The first kappa shape index (κ1) is 19.4. The highest BCUT2D eigenvalue weighted by atomic mass is 32.2. The van der Waals surface area contributed by atoms with Crippen molar-refractivity contribution in [3.8, 4) is 5.75 Å². The predicted octanol–water partition coefficient (Wildman–Crippen LogP) is 3.25. The maximum Gasteiger partial charge on any atom is 0.280 e. The summed E-state index contributed by atoms with van der Waals surface area (Å²) < 4.78 is 48.0. The van der Waals surface area contributed by atoms with E-state index in [1.165, 1.54) is 23.5 Å². The summed E-state index contributed by atoms with van der Waals surface area (Å²) in [5.74, 6) is -0.402. The number of benzene rings is 2. The first-order valence-electron chi connectivity index (χ1n) is 8.02. The molecule has 0 aliphatic heterocycles. The SMILES string of the molecule is CCN(Cc1ccccc1)S(=O)(=O)NC(C)c1ccc(OC)c(F)c1. The second-order valence-electron chi connectivity index (χ2n) is 5.65. The zero-order valence-corrected chi connectivity index (χ0v) is 15.4. The van der Waals surface area contributed by atoms with Crippen LogP contribution in [0.3, 0.4) is 0 Å². The maximum atomic E-state index is 13.8. The number of hydrogen-bond acceptors (Lipinski definition) is 3. The fraction of sp³-hybridized carbons (Fsp3) is 0.333. The summed E-state index contributed by atoms with van der Waals surface area (Å²) in [7, 11) is -2.34. The van der Waals surface area contributed by atoms with Gasteiger partial charge in [0.2, 0.25) is 0 Å². The van der Waals surface area contributed by atoms with Crippen LogP contribution in [-0.2, 0) is 16.8 Å². The van der Waals surface area contributed by atoms with E-state index in [0.29, 0.717) is 12.1 Å². The van der Waals surface area contributed by atoms with Crippen molar-refractivity contribution in [2.45, 2.75) is 26.4 Å². The summed E-state index contributed by atoms with van der Waals surface area (Å²) in [6.45, 7) is 4.05. The zero-order valence-electron chi connectivity index (χ0n) is 14.6. The molecule has 1 N–H and O–H groups in total. The van der Waals surface area contributed by atoms with E-state index >= 15 is 0 Å². The Kier molecular flexibility index (Phi) is 6.52. The minimum absolute atomic E-state index is 0.123. The quantitative estimate of drug-likeness (QED) is 0.780. The van der Waals surface area contributed by atoms with Crippen molar-refractivity contribution in [3.63, 3.8) is 0 Å². The Morgan fingerprint density at radius 2 is 1.88 bits per heavy atom. The van der Waals surface area contributed by atoms with Crippen LogP contribution in [0.5, 0.6) is 5.75 Å². The van der Waals surface area contributed by atoms with Crippen molar-refractivity contribution in [3.05, 3.63) is 65.5 Å². The van der Waals surface area contributed by atoms with E-state index in [4.69, 9.17) is 4.74 Å². The first-order chi connectivity index (χ1) is 11.9. The second kappa shape index (κ2) is 8.42. The third-order valence-electron chi connectivity index (χ3n) is 3.90. The van der Waals surface area contributed by atoms with Gasteiger partial charge in [-0.15, -0.1) is 0 Å². The van der Waals surface area contributed by atoms with E-state index in [9.17, 15) is 12.8 Å². The number of ether oxygens (including phenoxy) is 1. The standard InChI is InChI=1S/C18H23FN2O3S/c1-4-21(13-15-8-6-5-7-9-15)25(22,23)20-14(2)16-10-11-18(24-3)17(19)12-16/h5-12,14,20H,4,13H2,1-3H3. The lowest BCUT2D eigenvalue weighted by atomic mass is 10.1. The highest BCUT2D eigenvalue weighted by Crippen LogP contribution is 2.22. The maximum absolute atomic E-state index is 13.8. The number of methoxy groups -OCH3 is 1. The van der Waals surface area contributed by atoms with Gasteiger partial charge in [0, 0.05) is 19.1 Å². The molecule has 0 heterocycles. The van der Waals surface area contributed by atoms with Gasteiger partial charge >= 0.3 is 0 Å². The number of nitrogens with one attached hydrogen (secondary N) is 1. The molecular weight excluding hydrogens is 343 g/mol. The molecular formula is C18H23FN2O3S. The van der Waals surface area contributed by atoms with Gasteiger partial charge in [-0.3, -0.25) is 0 Å². The van der Waals surface area contributed by atoms with Gasteiger partial charge < -0.3 is 4.74 Å². The molecule has 2 aromatic carbocycles. The Morgan fingerprint density at radius 3 is 2.44 bits per heavy atom. The van der Waals surface area contributed by atoms with Gasteiger partial charge in [-0.05, 0) is 30.2 Å². The van der Waals surface area contributed by atoms with Crippen LogP contribution in [0, 0.1) is 5.82 Å². The van der Waals surface area contributed by atoms with Crippen molar-refractivity contribution < 1.29 is 17.5 Å². The largest absolute Gasteiger partial charge is 0.494 e. The Balaban J connectivity index is 2.14. The number of rotatable bonds is 8.